The first-order chi connectivity index (χ1) is 14.7. The minimum Gasteiger partial charge on any atom is -0.394 e. The maximum absolute atomic E-state index is 13.6. The third kappa shape index (κ3) is 3.47. The molecule has 168 valence electrons. The van der Waals surface area contributed by atoms with E-state index in [-0.39, 0.29) is 35.2 Å². The lowest BCUT2D eigenvalue weighted by atomic mass is 9.70. The molecule has 0 radical (unpaired) electrons. The second-order valence-corrected chi connectivity index (χ2v) is 10.1. The summed E-state index contributed by atoms with van der Waals surface area (Å²) in [5.41, 5.74) is -0.479. The monoisotopic (exact) mass is 493 g/mol. The molecule has 31 heavy (non-hydrogen) atoms. The number of hydrogen-bond donors (Lipinski definition) is 3. The Bertz CT molecular complexity index is 881. The molecule has 1 aromatic carbocycles. The van der Waals surface area contributed by atoms with Gasteiger partial charge >= 0.3 is 0 Å². The van der Waals surface area contributed by atoms with Crippen LogP contribution in [0.1, 0.15) is 27.2 Å². The van der Waals surface area contributed by atoms with Gasteiger partial charge in [0.2, 0.25) is 17.7 Å². The van der Waals surface area contributed by atoms with Gasteiger partial charge in [-0.1, -0.05) is 34.1 Å². The lowest BCUT2D eigenvalue weighted by Crippen LogP contribution is -2.58. The number of aliphatic hydroxyl groups is 1. The summed E-state index contributed by atoms with van der Waals surface area (Å²) in [6, 6.07) is 7.44. The van der Waals surface area contributed by atoms with Gasteiger partial charge in [0, 0.05) is 16.6 Å². The molecule has 0 aliphatic carbocycles. The highest BCUT2D eigenvalue weighted by Gasteiger charge is 2.76. The Kier molecular flexibility index (Phi) is 5.87. The molecule has 7 atom stereocenters. The van der Waals surface area contributed by atoms with Crippen molar-refractivity contribution in [3.05, 3.63) is 30.3 Å². The number of ether oxygens (including phenoxy) is 1. The number of likely N-dealkylation sites (tertiary alicyclic amines) is 1. The second-order valence-electron chi connectivity index (χ2n) is 8.96. The zero-order chi connectivity index (χ0) is 22.5. The zero-order valence-corrected chi connectivity index (χ0v) is 19.3. The maximum atomic E-state index is 13.6. The van der Waals surface area contributed by atoms with Crippen molar-refractivity contribution < 1.29 is 24.2 Å². The van der Waals surface area contributed by atoms with Gasteiger partial charge in [0.05, 0.1) is 30.6 Å². The van der Waals surface area contributed by atoms with E-state index < -0.39 is 35.6 Å². The zero-order valence-electron chi connectivity index (χ0n) is 17.7. The maximum Gasteiger partial charge on any atom is 0.246 e. The fourth-order valence-electron chi connectivity index (χ4n) is 5.34. The molecule has 2 bridgehead atoms. The van der Waals surface area contributed by atoms with Crippen LogP contribution in [-0.2, 0) is 19.1 Å². The van der Waals surface area contributed by atoms with Crippen LogP contribution in [0.5, 0.6) is 0 Å². The molecule has 3 fully saturated rings. The molecule has 8 nitrogen and oxygen atoms in total. The van der Waals surface area contributed by atoms with E-state index in [4.69, 9.17) is 4.74 Å². The van der Waals surface area contributed by atoms with Gasteiger partial charge in [0.1, 0.15) is 11.6 Å². The first-order valence-electron chi connectivity index (χ1n) is 10.6. The van der Waals surface area contributed by atoms with Gasteiger partial charge in [-0.3, -0.25) is 14.4 Å². The van der Waals surface area contributed by atoms with Crippen molar-refractivity contribution in [1.29, 1.82) is 0 Å². The van der Waals surface area contributed by atoms with E-state index in [1.807, 2.05) is 32.0 Å². The molecule has 3 aliphatic heterocycles. The number of nitrogens with zero attached hydrogens (tertiary/aromatic N) is 1. The highest BCUT2D eigenvalue weighted by molar-refractivity contribution is 9.09. The standard InChI is InChI=1S/C22H28BrN3O5/c1-11(2)24-20(29)18-22-9-14(23)17(31-22)15(16(22)21(30)26(18)12(3)10-27)19(28)25-13-7-5-4-6-8-13/h4-8,11-12,14-18,27H,9-10H2,1-3H3,(H,24,29)(H,25,28)/t12-,14?,15+,16+,17+,18?,22?/m1/s1. The van der Waals surface area contributed by atoms with E-state index in [1.165, 1.54) is 4.90 Å². The van der Waals surface area contributed by atoms with Crippen molar-refractivity contribution in [2.45, 2.75) is 61.8 Å². The molecular weight excluding hydrogens is 466 g/mol. The van der Waals surface area contributed by atoms with E-state index in [1.54, 1.807) is 19.1 Å². The smallest absolute Gasteiger partial charge is 0.246 e. The van der Waals surface area contributed by atoms with Crippen LogP contribution >= 0.6 is 15.9 Å². The first kappa shape index (κ1) is 22.2. The molecule has 9 heteroatoms. The van der Waals surface area contributed by atoms with E-state index >= 15 is 0 Å². The number of hydrogen-bond acceptors (Lipinski definition) is 5. The number of rotatable bonds is 6. The van der Waals surface area contributed by atoms with Crippen molar-refractivity contribution in [3.8, 4) is 0 Å². The number of anilines is 1. The van der Waals surface area contributed by atoms with Gasteiger partial charge < -0.3 is 25.4 Å². The summed E-state index contributed by atoms with van der Waals surface area (Å²) >= 11 is 3.63. The number of halogens is 1. The lowest BCUT2D eigenvalue weighted by molar-refractivity contribution is -0.144. The van der Waals surface area contributed by atoms with Gasteiger partial charge in [0.25, 0.3) is 0 Å². The Morgan fingerprint density at radius 1 is 1.26 bits per heavy atom. The number of aliphatic hydroxyl groups excluding tert-OH is 1. The first-order valence-corrected chi connectivity index (χ1v) is 11.5. The molecule has 3 aliphatic rings. The number of carbonyl (C=O) groups is 3. The van der Waals surface area contributed by atoms with Crippen molar-refractivity contribution >= 4 is 39.3 Å². The van der Waals surface area contributed by atoms with Crippen LogP contribution in [0.25, 0.3) is 0 Å². The number of fused-ring (bicyclic) bond motifs is 1. The summed E-state index contributed by atoms with van der Waals surface area (Å²) in [4.78, 5) is 41.4. The molecule has 0 aromatic heterocycles. The van der Waals surface area contributed by atoms with Crippen LogP contribution in [0.3, 0.4) is 0 Å². The molecule has 3 N–H and O–H groups in total. The molecule has 1 spiro atoms. The van der Waals surface area contributed by atoms with Gasteiger partial charge in [-0.2, -0.15) is 0 Å². The van der Waals surface area contributed by atoms with E-state index in [9.17, 15) is 19.5 Å². The highest BCUT2D eigenvalue weighted by Crippen LogP contribution is 2.60. The average molecular weight is 494 g/mol. The summed E-state index contributed by atoms with van der Waals surface area (Å²) in [6.07, 6.45) is -0.0767. The van der Waals surface area contributed by atoms with Crippen molar-refractivity contribution in [2.75, 3.05) is 11.9 Å². The van der Waals surface area contributed by atoms with Gasteiger partial charge in [-0.25, -0.2) is 0 Å². The number of alkyl halides is 1. The summed E-state index contributed by atoms with van der Waals surface area (Å²) in [5, 5.41) is 15.6. The number of carbonyl (C=O) groups excluding carboxylic acids is 3. The molecule has 3 heterocycles. The van der Waals surface area contributed by atoms with E-state index in [0.717, 1.165) is 0 Å². The largest absolute Gasteiger partial charge is 0.394 e. The Labute approximate surface area is 189 Å². The number of nitrogens with one attached hydrogen (secondary N) is 2. The van der Waals surface area contributed by atoms with Crippen molar-refractivity contribution in [1.82, 2.24) is 10.2 Å². The summed E-state index contributed by atoms with van der Waals surface area (Å²) in [7, 11) is 0. The fourth-order valence-corrected chi connectivity index (χ4v) is 6.28. The summed E-state index contributed by atoms with van der Waals surface area (Å²) in [6.45, 7) is 5.10. The number of para-hydroxylation sites is 1. The Morgan fingerprint density at radius 3 is 2.55 bits per heavy atom. The van der Waals surface area contributed by atoms with Gasteiger partial charge in [-0.05, 0) is 39.3 Å². The topological polar surface area (TPSA) is 108 Å². The van der Waals surface area contributed by atoms with Crippen LogP contribution in [0.2, 0.25) is 0 Å². The minimum atomic E-state index is -1.11. The fraction of sp³-hybridized carbons (Fsp3) is 0.591. The number of benzene rings is 1. The Morgan fingerprint density at radius 2 is 1.94 bits per heavy atom. The normalized spacial score (nSPS) is 34.7. The van der Waals surface area contributed by atoms with Gasteiger partial charge in [-0.15, -0.1) is 0 Å². The predicted molar refractivity (Wildman–Crippen MR) is 117 cm³/mol. The SMILES string of the molecule is CC(C)NC(=O)C1N([C@H](C)CO)C(=O)[C@@H]2[C@H](C(=O)Nc3ccccc3)[C@H]3OC12CC3Br. The van der Waals surface area contributed by atoms with Crippen LogP contribution in [0, 0.1) is 11.8 Å². The quantitative estimate of drug-likeness (QED) is 0.517. The molecule has 4 rings (SSSR count). The molecule has 0 saturated carbocycles. The third-order valence-electron chi connectivity index (χ3n) is 6.49. The van der Waals surface area contributed by atoms with Gasteiger partial charge in [0.15, 0.2) is 0 Å². The predicted octanol–water partition coefficient (Wildman–Crippen LogP) is 1.28. The van der Waals surface area contributed by atoms with E-state index in [2.05, 4.69) is 26.6 Å². The average Bonchev–Trinajstić information content (AvgIpc) is 3.31. The van der Waals surface area contributed by atoms with Crippen LogP contribution in [-0.4, -0.2) is 69.0 Å². The van der Waals surface area contributed by atoms with Crippen LogP contribution < -0.4 is 10.6 Å². The molecule has 3 unspecified atom stereocenters. The number of amides is 3. The van der Waals surface area contributed by atoms with Crippen LogP contribution in [0.15, 0.2) is 30.3 Å². The summed E-state index contributed by atoms with van der Waals surface area (Å²) < 4.78 is 6.37. The van der Waals surface area contributed by atoms with E-state index in [0.29, 0.717) is 12.1 Å². The molecular formula is C22H28BrN3O5. The lowest BCUT2D eigenvalue weighted by Gasteiger charge is -2.36. The van der Waals surface area contributed by atoms with Crippen molar-refractivity contribution in [3.63, 3.8) is 0 Å². The van der Waals surface area contributed by atoms with Crippen LogP contribution in [0.4, 0.5) is 5.69 Å². The molecule has 3 saturated heterocycles. The molecule has 3 amide bonds. The Balaban J connectivity index is 1.72. The molecule has 1 aromatic rings. The van der Waals surface area contributed by atoms with Crippen molar-refractivity contribution in [2.24, 2.45) is 11.8 Å². The minimum absolute atomic E-state index is 0.125. The third-order valence-corrected chi connectivity index (χ3v) is 7.33. The second kappa shape index (κ2) is 8.18. The summed E-state index contributed by atoms with van der Waals surface area (Å²) in [5.74, 6) is -2.47. The Hall–Kier alpha value is -1.97. The highest BCUT2D eigenvalue weighted by atomic mass is 79.9.